The van der Waals surface area contributed by atoms with Gasteiger partial charge in [-0.3, -0.25) is 4.79 Å². The zero-order chi connectivity index (χ0) is 17.8. The first-order valence-electron chi connectivity index (χ1n) is 8.39. The van der Waals surface area contributed by atoms with Crippen molar-refractivity contribution in [3.05, 3.63) is 71.0 Å². The maximum absolute atomic E-state index is 13.1. The maximum Gasteiger partial charge on any atom is 0.282 e. The molecule has 2 aromatic rings. The lowest BCUT2D eigenvalue weighted by molar-refractivity contribution is -0.909. The Hall–Kier alpha value is -2.17. The van der Waals surface area contributed by atoms with Gasteiger partial charge in [0.2, 0.25) is 0 Å². The Balaban J connectivity index is 1.63. The molecule has 2 N–H and O–H groups in total. The molecule has 0 fully saturated rings. The van der Waals surface area contributed by atoms with E-state index < -0.39 is 5.82 Å². The molecule has 1 aliphatic rings. The van der Waals surface area contributed by atoms with Crippen LogP contribution in [0.15, 0.2) is 54.6 Å². The van der Waals surface area contributed by atoms with Crippen LogP contribution in [0.1, 0.15) is 18.9 Å². The second-order valence-electron chi connectivity index (χ2n) is 6.29. The number of hydrogen-bond acceptors (Lipinski definition) is 1. The minimum atomic E-state index is -0.420. The molecule has 2 atom stereocenters. The molecule has 5 heteroatoms. The van der Waals surface area contributed by atoms with Crippen LogP contribution in [0.2, 0.25) is 5.02 Å². The van der Waals surface area contributed by atoms with Crippen LogP contribution < -0.4 is 10.2 Å². The Morgan fingerprint density at radius 2 is 2.00 bits per heavy atom. The van der Waals surface area contributed by atoms with Gasteiger partial charge in [-0.2, -0.15) is 0 Å². The van der Waals surface area contributed by atoms with Gasteiger partial charge < -0.3 is 10.2 Å². The first kappa shape index (κ1) is 17.6. The van der Waals surface area contributed by atoms with Crippen molar-refractivity contribution in [2.45, 2.75) is 19.4 Å². The summed E-state index contributed by atoms with van der Waals surface area (Å²) >= 11 is 5.98. The number of carbonyl (C=O) groups is 1. The van der Waals surface area contributed by atoms with Gasteiger partial charge in [-0.15, -0.1) is 0 Å². The number of nitrogens with one attached hydrogen (secondary N) is 2. The molecule has 0 saturated carbocycles. The van der Waals surface area contributed by atoms with Crippen LogP contribution in [0.4, 0.5) is 10.1 Å². The molecule has 25 heavy (non-hydrogen) atoms. The topological polar surface area (TPSA) is 33.5 Å². The van der Waals surface area contributed by atoms with Crippen LogP contribution >= 0.6 is 11.6 Å². The van der Waals surface area contributed by atoms with E-state index in [1.54, 1.807) is 0 Å². The standard InChI is InChI=1S/C20H20ClFN2O/c1-14(20(25)23-19-8-7-17(22)13-18(19)21)24-11-9-16(10-12-24)15-5-3-2-4-6-15/h2-9,13-14H,10-12H2,1H3,(H,23,25)/p+1/t14-/m0/s1. The van der Waals surface area contributed by atoms with E-state index in [0.717, 1.165) is 19.5 Å². The van der Waals surface area contributed by atoms with E-state index in [0.29, 0.717) is 5.69 Å². The number of rotatable bonds is 4. The molecule has 0 spiro atoms. The van der Waals surface area contributed by atoms with Gasteiger partial charge in [-0.25, -0.2) is 4.39 Å². The Bertz CT molecular complexity index is 792. The fraction of sp³-hybridized carbons (Fsp3) is 0.250. The van der Waals surface area contributed by atoms with Crippen LogP contribution in [-0.2, 0) is 4.79 Å². The monoisotopic (exact) mass is 359 g/mol. The zero-order valence-corrected chi connectivity index (χ0v) is 14.8. The summed E-state index contributed by atoms with van der Waals surface area (Å²) in [6.07, 6.45) is 3.15. The highest BCUT2D eigenvalue weighted by Crippen LogP contribution is 2.22. The van der Waals surface area contributed by atoms with Gasteiger partial charge in [0.1, 0.15) is 5.82 Å². The molecule has 130 valence electrons. The van der Waals surface area contributed by atoms with Crippen molar-refractivity contribution in [2.24, 2.45) is 0 Å². The average Bonchev–Trinajstić information content (AvgIpc) is 2.64. The van der Waals surface area contributed by atoms with E-state index in [4.69, 9.17) is 11.6 Å². The van der Waals surface area contributed by atoms with Crippen molar-refractivity contribution in [3.63, 3.8) is 0 Å². The lowest BCUT2D eigenvalue weighted by Gasteiger charge is -2.28. The number of hydrogen-bond donors (Lipinski definition) is 2. The third-order valence-corrected chi connectivity index (χ3v) is 4.98. The third-order valence-electron chi connectivity index (χ3n) is 4.67. The van der Waals surface area contributed by atoms with Crippen molar-refractivity contribution >= 4 is 28.8 Å². The fourth-order valence-electron chi connectivity index (χ4n) is 3.08. The summed E-state index contributed by atoms with van der Waals surface area (Å²) in [6.45, 7) is 3.60. The second kappa shape index (κ2) is 7.81. The Morgan fingerprint density at radius 1 is 1.24 bits per heavy atom. The predicted octanol–water partition coefficient (Wildman–Crippen LogP) is 3.18. The van der Waals surface area contributed by atoms with Crippen LogP contribution in [0.5, 0.6) is 0 Å². The maximum atomic E-state index is 13.1. The number of anilines is 1. The largest absolute Gasteiger partial charge is 0.321 e. The molecule has 0 aromatic heterocycles. The van der Waals surface area contributed by atoms with Gasteiger partial charge in [-0.1, -0.05) is 41.9 Å². The minimum absolute atomic E-state index is 0.111. The first-order valence-corrected chi connectivity index (χ1v) is 8.77. The van der Waals surface area contributed by atoms with Crippen LogP contribution in [0, 0.1) is 5.82 Å². The van der Waals surface area contributed by atoms with Crippen LogP contribution in [0.25, 0.3) is 5.57 Å². The molecule has 3 nitrogen and oxygen atoms in total. The van der Waals surface area contributed by atoms with Crippen molar-refractivity contribution in [3.8, 4) is 0 Å². The van der Waals surface area contributed by atoms with E-state index in [9.17, 15) is 9.18 Å². The van der Waals surface area contributed by atoms with Gasteiger partial charge in [0, 0.05) is 6.42 Å². The van der Waals surface area contributed by atoms with Crippen molar-refractivity contribution in [1.29, 1.82) is 0 Å². The Labute approximate surface area is 152 Å². The second-order valence-corrected chi connectivity index (χ2v) is 6.70. The lowest BCUT2D eigenvalue weighted by Crippen LogP contribution is -3.17. The van der Waals surface area contributed by atoms with E-state index in [1.807, 2.05) is 25.1 Å². The van der Waals surface area contributed by atoms with Crippen molar-refractivity contribution in [1.82, 2.24) is 0 Å². The van der Waals surface area contributed by atoms with E-state index >= 15 is 0 Å². The molecule has 0 radical (unpaired) electrons. The number of amides is 1. The molecule has 0 aliphatic carbocycles. The highest BCUT2D eigenvalue weighted by Gasteiger charge is 2.27. The van der Waals surface area contributed by atoms with E-state index in [-0.39, 0.29) is 17.0 Å². The number of halogens is 2. The number of quaternary nitrogens is 1. The summed E-state index contributed by atoms with van der Waals surface area (Å²) in [6, 6.07) is 14.1. The molecule has 2 aromatic carbocycles. The summed E-state index contributed by atoms with van der Waals surface area (Å²) in [4.78, 5) is 13.7. The van der Waals surface area contributed by atoms with Gasteiger partial charge >= 0.3 is 0 Å². The summed E-state index contributed by atoms with van der Waals surface area (Å²) in [5.41, 5.74) is 3.02. The van der Waals surface area contributed by atoms with Gasteiger partial charge in [-0.05, 0) is 42.3 Å². The van der Waals surface area contributed by atoms with Gasteiger partial charge in [0.25, 0.3) is 5.91 Å². The molecule has 0 saturated heterocycles. The SMILES string of the molecule is C[C@@H](C(=O)Nc1ccc(F)cc1Cl)[NH+]1CC=C(c2ccccc2)CC1. The van der Waals surface area contributed by atoms with Gasteiger partial charge in [0.15, 0.2) is 6.04 Å². The molecular formula is C20H21ClFN2O+. The number of benzene rings is 2. The average molecular weight is 360 g/mol. The third kappa shape index (κ3) is 4.27. The van der Waals surface area contributed by atoms with Gasteiger partial charge in [0.05, 0.1) is 23.8 Å². The summed E-state index contributed by atoms with van der Waals surface area (Å²) < 4.78 is 13.1. The fourth-order valence-corrected chi connectivity index (χ4v) is 3.29. The highest BCUT2D eigenvalue weighted by molar-refractivity contribution is 6.33. The van der Waals surface area contributed by atoms with Crippen molar-refractivity contribution < 1.29 is 14.1 Å². The van der Waals surface area contributed by atoms with Crippen LogP contribution in [0.3, 0.4) is 0 Å². The molecule has 0 bridgehead atoms. The van der Waals surface area contributed by atoms with Crippen molar-refractivity contribution in [2.75, 3.05) is 18.4 Å². The molecule has 1 heterocycles. The molecular weight excluding hydrogens is 339 g/mol. The molecule has 1 aliphatic heterocycles. The first-order chi connectivity index (χ1) is 12.0. The Morgan fingerprint density at radius 3 is 2.64 bits per heavy atom. The van der Waals surface area contributed by atoms with Crippen LogP contribution in [-0.4, -0.2) is 25.0 Å². The van der Waals surface area contributed by atoms with E-state index in [1.165, 1.54) is 34.2 Å². The quantitative estimate of drug-likeness (QED) is 0.863. The van der Waals surface area contributed by atoms with E-state index in [2.05, 4.69) is 23.5 Å². The zero-order valence-electron chi connectivity index (χ0n) is 14.1. The summed E-state index contributed by atoms with van der Waals surface area (Å²) in [5.74, 6) is -0.531. The smallest absolute Gasteiger partial charge is 0.282 e. The molecule has 1 amide bonds. The molecule has 1 unspecified atom stereocenters. The Kier molecular flexibility index (Phi) is 5.51. The summed E-state index contributed by atoms with van der Waals surface area (Å²) in [5, 5.41) is 3.01. The lowest BCUT2D eigenvalue weighted by atomic mass is 9.99. The molecule has 3 rings (SSSR count). The predicted molar refractivity (Wildman–Crippen MR) is 99.2 cm³/mol. The number of carbonyl (C=O) groups excluding carboxylic acids is 1. The normalized spacial score (nSPS) is 18.4. The summed E-state index contributed by atoms with van der Waals surface area (Å²) in [7, 11) is 0. The highest BCUT2D eigenvalue weighted by atomic mass is 35.5. The minimum Gasteiger partial charge on any atom is -0.321 e.